The van der Waals surface area contributed by atoms with Gasteiger partial charge in [0.05, 0.1) is 5.69 Å². The molecule has 0 spiro atoms. The van der Waals surface area contributed by atoms with E-state index in [1.807, 2.05) is 0 Å². The molecule has 0 aliphatic heterocycles. The van der Waals surface area contributed by atoms with E-state index in [0.717, 1.165) is 6.07 Å². The van der Waals surface area contributed by atoms with E-state index in [1.165, 1.54) is 0 Å². The molecule has 0 fully saturated rings. The highest BCUT2D eigenvalue weighted by molar-refractivity contribution is 5.82. The maximum absolute atomic E-state index is 13.2. The molecule has 0 aliphatic carbocycles. The standard InChI is InChI=1S/C10H12F3N3O/c1-5(10(14)16-17)4-15-8-3-6(11)2-7(12)9(8)13/h2-3,5,15,17H,4H2,1H3,(H2,14,16). The van der Waals surface area contributed by atoms with Gasteiger partial charge in [-0.25, -0.2) is 13.2 Å². The molecule has 1 aromatic rings. The van der Waals surface area contributed by atoms with Crippen LogP contribution in [0.25, 0.3) is 0 Å². The number of hydrogen-bond acceptors (Lipinski definition) is 3. The second-order valence-corrected chi connectivity index (χ2v) is 3.56. The number of nitrogens with one attached hydrogen (secondary N) is 1. The first kappa shape index (κ1) is 13.1. The molecule has 1 atom stereocenters. The first-order chi connectivity index (χ1) is 7.95. The van der Waals surface area contributed by atoms with Crippen LogP contribution < -0.4 is 11.1 Å². The van der Waals surface area contributed by atoms with Gasteiger partial charge in [-0.2, -0.15) is 0 Å². The summed E-state index contributed by atoms with van der Waals surface area (Å²) in [6.07, 6.45) is 0. The fourth-order valence-corrected chi connectivity index (χ4v) is 1.15. The fraction of sp³-hybridized carbons (Fsp3) is 0.300. The van der Waals surface area contributed by atoms with Gasteiger partial charge < -0.3 is 16.3 Å². The molecule has 0 saturated carbocycles. The van der Waals surface area contributed by atoms with E-state index in [9.17, 15) is 13.2 Å². The van der Waals surface area contributed by atoms with Gasteiger partial charge in [-0.15, -0.1) is 0 Å². The predicted octanol–water partition coefficient (Wildman–Crippen LogP) is 1.90. The van der Waals surface area contributed by atoms with Crippen LogP contribution in [0.2, 0.25) is 0 Å². The predicted molar refractivity (Wildman–Crippen MR) is 57.4 cm³/mol. The zero-order chi connectivity index (χ0) is 13.0. The summed E-state index contributed by atoms with van der Waals surface area (Å²) in [7, 11) is 0. The van der Waals surface area contributed by atoms with E-state index in [4.69, 9.17) is 10.9 Å². The highest BCUT2D eigenvalue weighted by Crippen LogP contribution is 2.19. The van der Waals surface area contributed by atoms with Crippen molar-refractivity contribution < 1.29 is 18.4 Å². The van der Waals surface area contributed by atoms with E-state index in [-0.39, 0.29) is 18.1 Å². The summed E-state index contributed by atoms with van der Waals surface area (Å²) < 4.78 is 38.9. The highest BCUT2D eigenvalue weighted by Gasteiger charge is 2.13. The lowest BCUT2D eigenvalue weighted by atomic mass is 10.1. The van der Waals surface area contributed by atoms with Crippen molar-refractivity contribution in [1.82, 2.24) is 0 Å². The number of nitrogens with zero attached hydrogens (tertiary/aromatic N) is 1. The van der Waals surface area contributed by atoms with E-state index >= 15 is 0 Å². The Kier molecular flexibility index (Phi) is 4.19. The second kappa shape index (κ2) is 5.42. The number of anilines is 1. The Morgan fingerprint density at radius 2 is 2.12 bits per heavy atom. The monoisotopic (exact) mass is 247 g/mol. The molecule has 0 saturated heterocycles. The molecule has 1 aromatic carbocycles. The van der Waals surface area contributed by atoms with Crippen LogP contribution in [0.4, 0.5) is 18.9 Å². The largest absolute Gasteiger partial charge is 0.409 e. The van der Waals surface area contributed by atoms with Crippen LogP contribution in [0.15, 0.2) is 17.3 Å². The molecule has 0 amide bonds. The number of halogens is 3. The summed E-state index contributed by atoms with van der Waals surface area (Å²) in [5.74, 6) is -3.80. The van der Waals surface area contributed by atoms with Crippen LogP contribution in [0.1, 0.15) is 6.92 Å². The van der Waals surface area contributed by atoms with Crippen molar-refractivity contribution in [2.75, 3.05) is 11.9 Å². The minimum Gasteiger partial charge on any atom is -0.409 e. The molecule has 0 heterocycles. The zero-order valence-electron chi connectivity index (χ0n) is 9.04. The molecule has 0 aromatic heterocycles. The highest BCUT2D eigenvalue weighted by atomic mass is 19.2. The fourth-order valence-electron chi connectivity index (χ4n) is 1.15. The van der Waals surface area contributed by atoms with Gasteiger partial charge in [-0.1, -0.05) is 12.1 Å². The molecule has 7 heteroatoms. The summed E-state index contributed by atoms with van der Waals surface area (Å²) >= 11 is 0. The molecule has 4 nitrogen and oxygen atoms in total. The van der Waals surface area contributed by atoms with Gasteiger partial charge in [-0.05, 0) is 0 Å². The number of hydrogen-bond donors (Lipinski definition) is 3. The van der Waals surface area contributed by atoms with Crippen LogP contribution in [0.5, 0.6) is 0 Å². The minimum absolute atomic E-state index is 0.0604. The normalized spacial score (nSPS) is 13.5. The third-order valence-electron chi connectivity index (χ3n) is 2.21. The average Bonchev–Trinajstić information content (AvgIpc) is 2.30. The van der Waals surface area contributed by atoms with Crippen molar-refractivity contribution in [3.8, 4) is 0 Å². The van der Waals surface area contributed by atoms with Gasteiger partial charge in [0.15, 0.2) is 11.6 Å². The molecule has 1 unspecified atom stereocenters. The van der Waals surface area contributed by atoms with E-state index < -0.39 is 23.4 Å². The number of oxime groups is 1. The third kappa shape index (κ3) is 3.27. The molecule has 0 aliphatic rings. The number of rotatable bonds is 4. The van der Waals surface area contributed by atoms with Crippen LogP contribution in [-0.4, -0.2) is 17.6 Å². The van der Waals surface area contributed by atoms with Crippen LogP contribution in [0.3, 0.4) is 0 Å². The van der Waals surface area contributed by atoms with Gasteiger partial charge in [0.1, 0.15) is 11.7 Å². The van der Waals surface area contributed by atoms with Crippen LogP contribution in [0, 0.1) is 23.4 Å². The van der Waals surface area contributed by atoms with Gasteiger partial charge in [0.2, 0.25) is 0 Å². The Morgan fingerprint density at radius 3 is 2.71 bits per heavy atom. The van der Waals surface area contributed by atoms with Gasteiger partial charge in [-0.3, -0.25) is 0 Å². The lowest BCUT2D eigenvalue weighted by Crippen LogP contribution is -2.27. The van der Waals surface area contributed by atoms with Crippen LogP contribution in [-0.2, 0) is 0 Å². The maximum atomic E-state index is 13.2. The van der Waals surface area contributed by atoms with Crippen molar-refractivity contribution in [2.24, 2.45) is 16.8 Å². The first-order valence-electron chi connectivity index (χ1n) is 4.81. The van der Waals surface area contributed by atoms with Crippen molar-refractivity contribution >= 4 is 11.5 Å². The molecular weight excluding hydrogens is 235 g/mol. The van der Waals surface area contributed by atoms with Crippen LogP contribution >= 0.6 is 0 Å². The molecule has 0 bridgehead atoms. The summed E-state index contributed by atoms with van der Waals surface area (Å²) in [5, 5.41) is 13.6. The second-order valence-electron chi connectivity index (χ2n) is 3.56. The van der Waals surface area contributed by atoms with Gasteiger partial charge in [0.25, 0.3) is 0 Å². The SMILES string of the molecule is CC(CNc1cc(F)cc(F)c1F)/C(N)=N/O. The Balaban J connectivity index is 2.76. The molecule has 94 valence electrons. The summed E-state index contributed by atoms with van der Waals surface area (Å²) in [6, 6.07) is 1.28. The summed E-state index contributed by atoms with van der Waals surface area (Å²) in [4.78, 5) is 0. The number of benzene rings is 1. The van der Waals surface area contributed by atoms with E-state index in [1.54, 1.807) is 6.92 Å². The van der Waals surface area contributed by atoms with Crippen molar-refractivity contribution in [3.05, 3.63) is 29.6 Å². The summed E-state index contributed by atoms with van der Waals surface area (Å²) in [5.41, 5.74) is 4.99. The topological polar surface area (TPSA) is 70.6 Å². The third-order valence-corrected chi connectivity index (χ3v) is 2.21. The van der Waals surface area contributed by atoms with Crippen molar-refractivity contribution in [2.45, 2.75) is 6.92 Å². The van der Waals surface area contributed by atoms with E-state index in [0.29, 0.717) is 6.07 Å². The lowest BCUT2D eigenvalue weighted by Gasteiger charge is -2.12. The Labute approximate surface area is 95.9 Å². The Hall–Kier alpha value is -1.92. The van der Waals surface area contributed by atoms with Gasteiger partial charge >= 0.3 is 0 Å². The molecule has 17 heavy (non-hydrogen) atoms. The molecule has 0 radical (unpaired) electrons. The Bertz CT molecular complexity index is 437. The Morgan fingerprint density at radius 1 is 1.47 bits per heavy atom. The van der Waals surface area contributed by atoms with Crippen molar-refractivity contribution in [1.29, 1.82) is 0 Å². The average molecular weight is 247 g/mol. The summed E-state index contributed by atoms with van der Waals surface area (Å²) in [6.45, 7) is 1.69. The quantitative estimate of drug-likeness (QED) is 0.250. The van der Waals surface area contributed by atoms with E-state index in [2.05, 4.69) is 10.5 Å². The zero-order valence-corrected chi connectivity index (χ0v) is 9.04. The van der Waals surface area contributed by atoms with Crippen molar-refractivity contribution in [3.63, 3.8) is 0 Å². The smallest absolute Gasteiger partial charge is 0.182 e. The molecule has 1 rings (SSSR count). The number of amidine groups is 1. The van der Waals surface area contributed by atoms with Gasteiger partial charge in [0, 0.05) is 24.6 Å². The first-order valence-corrected chi connectivity index (χ1v) is 4.81. The minimum atomic E-state index is -1.27. The maximum Gasteiger partial charge on any atom is 0.182 e. The lowest BCUT2D eigenvalue weighted by molar-refractivity contribution is 0.315. The number of nitrogens with two attached hydrogens (primary N) is 1. The molecule has 4 N–H and O–H groups in total. The molecular formula is C10H12F3N3O.